The predicted molar refractivity (Wildman–Crippen MR) is 123 cm³/mol. The second-order valence-electron chi connectivity index (χ2n) is 8.81. The average Bonchev–Trinajstić information content (AvgIpc) is 2.81. The Morgan fingerprint density at radius 2 is 1.74 bits per heavy atom. The van der Waals surface area contributed by atoms with Crippen LogP contribution in [0.1, 0.15) is 44.2 Å². The summed E-state index contributed by atoms with van der Waals surface area (Å²) in [6.07, 6.45) is 3.44. The van der Waals surface area contributed by atoms with Crippen molar-refractivity contribution in [2.75, 3.05) is 34.5 Å². The van der Waals surface area contributed by atoms with E-state index in [2.05, 4.69) is 55.6 Å². The summed E-state index contributed by atoms with van der Waals surface area (Å²) in [5, 5.41) is 2.39. The van der Waals surface area contributed by atoms with Crippen molar-refractivity contribution in [3.8, 4) is 17.2 Å². The van der Waals surface area contributed by atoms with E-state index in [9.17, 15) is 0 Å². The molecular weight excluding hydrogens is 390 g/mol. The van der Waals surface area contributed by atoms with E-state index in [-0.39, 0.29) is 11.5 Å². The van der Waals surface area contributed by atoms with Gasteiger partial charge < -0.3 is 24.3 Å². The zero-order chi connectivity index (χ0) is 22.3. The lowest BCUT2D eigenvalue weighted by molar-refractivity contribution is -0.672. The predicted octanol–water partition coefficient (Wildman–Crippen LogP) is 3.94. The van der Waals surface area contributed by atoms with Gasteiger partial charge >= 0.3 is 0 Å². The first kappa shape index (κ1) is 23.4. The van der Waals surface area contributed by atoms with Crippen LogP contribution in [0.3, 0.4) is 0 Å². The Labute approximate surface area is 187 Å². The third-order valence-corrected chi connectivity index (χ3v) is 6.58. The number of hydrogen-bond donors (Lipinski definition) is 1. The number of rotatable bonds is 10. The Kier molecular flexibility index (Phi) is 8.22. The molecule has 0 aromatic heterocycles. The van der Waals surface area contributed by atoms with Crippen LogP contribution in [0.5, 0.6) is 17.2 Å². The van der Waals surface area contributed by atoms with Crippen molar-refractivity contribution < 1.29 is 24.3 Å². The molecule has 3 rings (SSSR count). The van der Waals surface area contributed by atoms with Crippen LogP contribution in [0.25, 0.3) is 0 Å². The van der Waals surface area contributed by atoms with Gasteiger partial charge in [-0.2, -0.15) is 0 Å². The fourth-order valence-electron chi connectivity index (χ4n) is 4.72. The molecule has 2 aromatic carbocycles. The molecular formula is C26H38NO4+. The van der Waals surface area contributed by atoms with Crippen LogP contribution < -0.4 is 19.5 Å². The van der Waals surface area contributed by atoms with Crippen molar-refractivity contribution in [3.05, 3.63) is 53.6 Å². The molecule has 0 bridgehead atoms. The van der Waals surface area contributed by atoms with Crippen LogP contribution >= 0.6 is 0 Å². The maximum atomic E-state index is 6.14. The molecule has 0 amide bonds. The molecule has 1 aliphatic heterocycles. The Morgan fingerprint density at radius 3 is 2.45 bits per heavy atom. The van der Waals surface area contributed by atoms with Crippen LogP contribution in [-0.2, 0) is 16.7 Å². The highest BCUT2D eigenvalue weighted by molar-refractivity contribution is 5.42. The smallest absolute Gasteiger partial charge is 0.161 e. The van der Waals surface area contributed by atoms with Gasteiger partial charge in [-0.05, 0) is 43.0 Å². The number of nitrogens with two attached hydrogens (primary N) is 1. The number of benzene rings is 2. The van der Waals surface area contributed by atoms with E-state index in [0.29, 0.717) is 5.92 Å². The zero-order valence-corrected chi connectivity index (χ0v) is 19.6. The maximum absolute atomic E-state index is 6.14. The van der Waals surface area contributed by atoms with Gasteiger partial charge in [0.25, 0.3) is 0 Å². The van der Waals surface area contributed by atoms with Gasteiger partial charge in [-0.1, -0.05) is 32.0 Å². The molecule has 1 aliphatic rings. The summed E-state index contributed by atoms with van der Waals surface area (Å²) in [5.41, 5.74) is 2.63. The second kappa shape index (κ2) is 10.9. The summed E-state index contributed by atoms with van der Waals surface area (Å²) in [5.74, 6) is 3.04. The van der Waals surface area contributed by atoms with Crippen LogP contribution in [0.2, 0.25) is 0 Å². The average molecular weight is 429 g/mol. The van der Waals surface area contributed by atoms with Crippen LogP contribution in [0.4, 0.5) is 0 Å². The van der Waals surface area contributed by atoms with Crippen molar-refractivity contribution >= 4 is 0 Å². The summed E-state index contributed by atoms with van der Waals surface area (Å²) >= 11 is 0. The van der Waals surface area contributed by atoms with Gasteiger partial charge in [0.2, 0.25) is 0 Å². The minimum absolute atomic E-state index is 0.0773. The van der Waals surface area contributed by atoms with Crippen molar-refractivity contribution in [2.24, 2.45) is 5.92 Å². The molecule has 0 unspecified atom stereocenters. The Hall–Kier alpha value is -2.24. The highest BCUT2D eigenvalue weighted by Crippen LogP contribution is 2.44. The molecule has 2 N–H and O–H groups in total. The number of hydrogen-bond acceptors (Lipinski definition) is 4. The summed E-state index contributed by atoms with van der Waals surface area (Å²) in [4.78, 5) is 0. The molecule has 0 spiro atoms. The normalized spacial score (nSPS) is 21.2. The molecule has 5 nitrogen and oxygen atoms in total. The van der Waals surface area contributed by atoms with Crippen molar-refractivity contribution in [1.29, 1.82) is 0 Å². The van der Waals surface area contributed by atoms with Crippen LogP contribution in [0, 0.1) is 5.92 Å². The first-order valence-corrected chi connectivity index (χ1v) is 11.3. The van der Waals surface area contributed by atoms with Gasteiger partial charge in [0.1, 0.15) is 12.3 Å². The van der Waals surface area contributed by atoms with Crippen molar-refractivity contribution in [3.63, 3.8) is 0 Å². The summed E-state index contributed by atoms with van der Waals surface area (Å²) in [6, 6.07) is 14.7. The lowest BCUT2D eigenvalue weighted by Crippen LogP contribution is -2.83. The molecule has 0 aliphatic carbocycles. The molecule has 2 aromatic rings. The highest BCUT2D eigenvalue weighted by Gasteiger charge is 2.41. The quantitative estimate of drug-likeness (QED) is 0.583. The molecule has 1 saturated heterocycles. The van der Waals surface area contributed by atoms with Crippen LogP contribution in [-0.4, -0.2) is 40.6 Å². The number of ether oxygens (including phenoxy) is 4. The van der Waals surface area contributed by atoms with E-state index in [1.165, 1.54) is 11.1 Å². The summed E-state index contributed by atoms with van der Waals surface area (Å²) < 4.78 is 22.7. The molecule has 0 saturated carbocycles. The van der Waals surface area contributed by atoms with Gasteiger partial charge in [-0.15, -0.1) is 0 Å². The highest BCUT2D eigenvalue weighted by atomic mass is 16.5. The van der Waals surface area contributed by atoms with E-state index < -0.39 is 0 Å². The van der Waals surface area contributed by atoms with E-state index >= 15 is 0 Å². The summed E-state index contributed by atoms with van der Waals surface area (Å²) in [7, 11) is 5.12. The molecule has 2 atom stereocenters. The number of para-hydroxylation sites is 1. The molecule has 170 valence electrons. The molecule has 31 heavy (non-hydrogen) atoms. The van der Waals surface area contributed by atoms with E-state index in [1.807, 2.05) is 6.07 Å². The van der Waals surface area contributed by atoms with E-state index in [4.69, 9.17) is 18.9 Å². The van der Waals surface area contributed by atoms with Gasteiger partial charge in [0, 0.05) is 29.6 Å². The van der Waals surface area contributed by atoms with E-state index in [0.717, 1.165) is 56.2 Å². The fraction of sp³-hybridized carbons (Fsp3) is 0.538. The standard InChI is InChI=1S/C26H37NO4/c1-19(2)25-17-26(13-15-31-25,21-8-6-7-9-22(21)28-3)12-14-27-18-20-10-11-23(29-4)24(16-20)30-5/h6-11,16,19,25,27H,12-15,17-18H2,1-5H3/p+1/t25-,26+/m1/s1. The minimum Gasteiger partial charge on any atom is -0.496 e. The van der Waals surface area contributed by atoms with Gasteiger partial charge in [0.05, 0.1) is 34.0 Å². The van der Waals surface area contributed by atoms with Crippen molar-refractivity contribution in [2.45, 2.75) is 51.2 Å². The SMILES string of the molecule is COc1ccc(C[NH2+]CC[C@]2(c3ccccc3OC)CCO[C@@H](C(C)C)C2)cc1OC. The largest absolute Gasteiger partial charge is 0.496 e. The lowest BCUT2D eigenvalue weighted by Gasteiger charge is -2.43. The zero-order valence-electron chi connectivity index (χ0n) is 19.6. The molecule has 5 heteroatoms. The fourth-order valence-corrected chi connectivity index (χ4v) is 4.72. The van der Waals surface area contributed by atoms with Gasteiger partial charge in [0.15, 0.2) is 11.5 Å². The van der Waals surface area contributed by atoms with Gasteiger partial charge in [-0.3, -0.25) is 0 Å². The number of methoxy groups -OCH3 is 3. The second-order valence-corrected chi connectivity index (χ2v) is 8.81. The Bertz CT molecular complexity index is 838. The molecule has 1 heterocycles. The first-order valence-electron chi connectivity index (χ1n) is 11.3. The van der Waals surface area contributed by atoms with Crippen molar-refractivity contribution in [1.82, 2.24) is 0 Å². The minimum atomic E-state index is 0.0773. The molecule has 1 fully saturated rings. The molecule has 0 radical (unpaired) electrons. The van der Waals surface area contributed by atoms with Crippen LogP contribution in [0.15, 0.2) is 42.5 Å². The third-order valence-electron chi connectivity index (χ3n) is 6.58. The third kappa shape index (κ3) is 5.52. The monoisotopic (exact) mass is 428 g/mol. The Balaban J connectivity index is 1.73. The lowest BCUT2D eigenvalue weighted by atomic mass is 9.68. The topological polar surface area (TPSA) is 53.5 Å². The first-order chi connectivity index (χ1) is 15.0. The van der Waals surface area contributed by atoms with E-state index in [1.54, 1.807) is 21.3 Å². The van der Waals surface area contributed by atoms with Gasteiger partial charge in [-0.25, -0.2) is 0 Å². The maximum Gasteiger partial charge on any atom is 0.161 e. The number of quaternary nitrogens is 1. The summed E-state index contributed by atoms with van der Waals surface area (Å²) in [6.45, 7) is 7.26. The Morgan fingerprint density at radius 1 is 1.00 bits per heavy atom.